The number of hydrogen-bond donors (Lipinski definition) is 2. The Kier molecular flexibility index (Phi) is 3.55. The summed E-state index contributed by atoms with van der Waals surface area (Å²) in [6, 6.07) is 0. The number of nitrogen functional groups attached to an aromatic ring is 1. The summed E-state index contributed by atoms with van der Waals surface area (Å²) in [5.41, 5.74) is 5.92. The molecule has 9 heteroatoms. The molecule has 0 saturated carbocycles. The van der Waals surface area contributed by atoms with Crippen molar-refractivity contribution in [2.75, 3.05) is 25.4 Å². The van der Waals surface area contributed by atoms with Crippen molar-refractivity contribution in [1.29, 1.82) is 0 Å². The van der Waals surface area contributed by atoms with Crippen LogP contribution in [-0.4, -0.2) is 43.2 Å². The molecule has 1 fully saturated rings. The van der Waals surface area contributed by atoms with Crippen molar-refractivity contribution in [3.63, 3.8) is 0 Å². The van der Waals surface area contributed by atoms with Crippen molar-refractivity contribution in [1.82, 2.24) is 14.6 Å². The molecule has 0 atom stereocenters. The number of thiazole rings is 1. The molecule has 0 aliphatic carbocycles. The number of amides is 1. The molecule has 0 bridgehead atoms. The van der Waals surface area contributed by atoms with Gasteiger partial charge in [0.2, 0.25) is 5.91 Å². The number of nitrogens with zero attached hydrogens (tertiary/aromatic N) is 2. The minimum atomic E-state index is -3.60. The Bertz CT molecular complexity index is 566. The molecule has 3 N–H and O–H groups in total. The molecule has 100 valence electrons. The largest absolute Gasteiger partial charge is 0.375 e. The molecule has 0 unspecified atom stereocenters. The normalized spacial score (nSPS) is 18.4. The van der Waals surface area contributed by atoms with Gasteiger partial charge in [-0.15, -0.1) is 0 Å². The highest BCUT2D eigenvalue weighted by molar-refractivity contribution is 7.91. The van der Waals surface area contributed by atoms with Crippen molar-refractivity contribution >= 4 is 32.4 Å². The lowest BCUT2D eigenvalue weighted by molar-refractivity contribution is -0.120. The Morgan fingerprint density at radius 3 is 2.78 bits per heavy atom. The molecule has 2 rings (SSSR count). The van der Waals surface area contributed by atoms with Crippen LogP contribution in [0.1, 0.15) is 12.1 Å². The predicted molar refractivity (Wildman–Crippen MR) is 67.6 cm³/mol. The molecule has 0 spiro atoms. The maximum atomic E-state index is 12.4. The Labute approximate surface area is 109 Å². The van der Waals surface area contributed by atoms with Crippen molar-refractivity contribution in [3.8, 4) is 0 Å². The fourth-order valence-electron chi connectivity index (χ4n) is 1.75. The zero-order valence-corrected chi connectivity index (χ0v) is 11.5. The van der Waals surface area contributed by atoms with Crippen LogP contribution in [0.4, 0.5) is 5.13 Å². The minimum Gasteiger partial charge on any atom is -0.375 e. The summed E-state index contributed by atoms with van der Waals surface area (Å²) in [5.74, 6) is -0.131. The van der Waals surface area contributed by atoms with E-state index >= 15 is 0 Å². The number of carbonyl (C=O) groups is 1. The van der Waals surface area contributed by atoms with E-state index in [2.05, 4.69) is 10.3 Å². The Morgan fingerprint density at radius 2 is 2.17 bits per heavy atom. The maximum absolute atomic E-state index is 12.4. The molecule has 0 aromatic carbocycles. The Balaban J connectivity index is 2.30. The quantitative estimate of drug-likeness (QED) is 0.767. The summed E-state index contributed by atoms with van der Waals surface area (Å²) in [6.07, 6.45) is 0.173. The van der Waals surface area contributed by atoms with Crippen LogP contribution in [0.15, 0.2) is 4.21 Å². The zero-order chi connectivity index (χ0) is 13.3. The summed E-state index contributed by atoms with van der Waals surface area (Å²) in [7, 11) is -3.60. The van der Waals surface area contributed by atoms with Crippen LogP contribution in [-0.2, 0) is 14.8 Å². The van der Waals surface area contributed by atoms with Crippen molar-refractivity contribution in [2.45, 2.75) is 17.6 Å². The highest BCUT2D eigenvalue weighted by atomic mass is 32.2. The minimum absolute atomic E-state index is 0.131. The van der Waals surface area contributed by atoms with Crippen LogP contribution in [0.3, 0.4) is 0 Å². The number of carbonyl (C=O) groups excluding carboxylic acids is 1. The number of aromatic nitrogens is 1. The van der Waals surface area contributed by atoms with E-state index in [4.69, 9.17) is 5.73 Å². The third-order valence-corrected chi connectivity index (χ3v) is 6.09. The van der Waals surface area contributed by atoms with Crippen molar-refractivity contribution in [2.24, 2.45) is 0 Å². The van der Waals surface area contributed by atoms with Crippen LogP contribution in [0.25, 0.3) is 0 Å². The van der Waals surface area contributed by atoms with E-state index in [-0.39, 0.29) is 34.8 Å². The average molecular weight is 290 g/mol. The van der Waals surface area contributed by atoms with Gasteiger partial charge in [0.25, 0.3) is 10.0 Å². The van der Waals surface area contributed by atoms with E-state index in [0.717, 1.165) is 11.3 Å². The Hall–Kier alpha value is -1.19. The summed E-state index contributed by atoms with van der Waals surface area (Å²) in [4.78, 5) is 15.1. The number of anilines is 1. The molecule has 18 heavy (non-hydrogen) atoms. The van der Waals surface area contributed by atoms with E-state index in [0.29, 0.717) is 12.2 Å². The van der Waals surface area contributed by atoms with Crippen molar-refractivity contribution in [3.05, 3.63) is 5.69 Å². The molecule has 1 aliphatic rings. The topological polar surface area (TPSA) is 105 Å². The van der Waals surface area contributed by atoms with Gasteiger partial charge in [-0.3, -0.25) is 4.79 Å². The fraction of sp³-hybridized carbons (Fsp3) is 0.556. The average Bonchev–Trinajstić information content (AvgIpc) is 2.49. The third-order valence-electron chi connectivity index (χ3n) is 2.62. The molecule has 7 nitrogen and oxygen atoms in total. The van der Waals surface area contributed by atoms with Gasteiger partial charge in [0.05, 0.1) is 5.69 Å². The fourth-order valence-corrected chi connectivity index (χ4v) is 4.62. The van der Waals surface area contributed by atoms with Gasteiger partial charge in [0.15, 0.2) is 9.34 Å². The third kappa shape index (κ3) is 2.47. The van der Waals surface area contributed by atoms with Gasteiger partial charge in [-0.2, -0.15) is 4.31 Å². The SMILES string of the molecule is Cc1nc(N)sc1S(=O)(=O)N1CCNC(=O)CC1. The molecular formula is C9H14N4O3S2. The smallest absolute Gasteiger partial charge is 0.254 e. The monoisotopic (exact) mass is 290 g/mol. The second-order valence-corrected chi connectivity index (χ2v) is 7.09. The number of sulfonamides is 1. The standard InChI is InChI=1S/C9H14N4O3S2/c1-6-8(17-9(10)12-6)18(15,16)13-4-2-7(14)11-3-5-13/h2-5H2,1H3,(H2,10,12)(H,11,14). The first-order valence-electron chi connectivity index (χ1n) is 5.41. The van der Waals surface area contributed by atoms with Gasteiger partial charge >= 0.3 is 0 Å². The molecule has 1 amide bonds. The van der Waals surface area contributed by atoms with Gasteiger partial charge in [0.1, 0.15) is 0 Å². The second-order valence-electron chi connectivity index (χ2n) is 3.93. The summed E-state index contributed by atoms with van der Waals surface area (Å²) >= 11 is 0.954. The lowest BCUT2D eigenvalue weighted by atomic mass is 10.4. The Morgan fingerprint density at radius 1 is 1.44 bits per heavy atom. The maximum Gasteiger partial charge on any atom is 0.254 e. The van der Waals surface area contributed by atoms with Crippen LogP contribution >= 0.6 is 11.3 Å². The van der Waals surface area contributed by atoms with Crippen LogP contribution < -0.4 is 11.1 Å². The van der Waals surface area contributed by atoms with Gasteiger partial charge in [-0.05, 0) is 6.92 Å². The zero-order valence-electron chi connectivity index (χ0n) is 9.84. The number of rotatable bonds is 2. The molecule has 1 aliphatic heterocycles. The summed E-state index contributed by atoms with van der Waals surface area (Å²) in [5, 5.41) is 2.87. The van der Waals surface area contributed by atoms with Crippen molar-refractivity contribution < 1.29 is 13.2 Å². The van der Waals surface area contributed by atoms with E-state index in [1.54, 1.807) is 6.92 Å². The first-order valence-corrected chi connectivity index (χ1v) is 7.66. The van der Waals surface area contributed by atoms with E-state index < -0.39 is 10.0 Å². The predicted octanol–water partition coefficient (Wildman–Crippen LogP) is -0.456. The van der Waals surface area contributed by atoms with Gasteiger partial charge in [-0.25, -0.2) is 13.4 Å². The highest BCUT2D eigenvalue weighted by Crippen LogP contribution is 2.28. The molecule has 1 aromatic rings. The number of nitrogens with two attached hydrogens (primary N) is 1. The van der Waals surface area contributed by atoms with Crippen LogP contribution in [0.2, 0.25) is 0 Å². The number of hydrogen-bond acceptors (Lipinski definition) is 6. The summed E-state index contributed by atoms with van der Waals surface area (Å²) < 4.78 is 26.2. The van der Waals surface area contributed by atoms with Crippen LogP contribution in [0.5, 0.6) is 0 Å². The lowest BCUT2D eigenvalue weighted by Gasteiger charge is -2.18. The van der Waals surface area contributed by atoms with E-state index in [1.165, 1.54) is 4.31 Å². The number of aryl methyl sites for hydroxylation is 1. The van der Waals surface area contributed by atoms with E-state index in [9.17, 15) is 13.2 Å². The van der Waals surface area contributed by atoms with Gasteiger partial charge < -0.3 is 11.1 Å². The molecule has 1 saturated heterocycles. The molecular weight excluding hydrogens is 276 g/mol. The number of nitrogens with one attached hydrogen (secondary N) is 1. The van der Waals surface area contributed by atoms with Gasteiger partial charge in [0, 0.05) is 26.1 Å². The summed E-state index contributed by atoms with van der Waals surface area (Å²) in [6.45, 7) is 2.39. The van der Waals surface area contributed by atoms with Gasteiger partial charge in [-0.1, -0.05) is 11.3 Å². The molecule has 0 radical (unpaired) electrons. The first-order chi connectivity index (χ1) is 8.41. The van der Waals surface area contributed by atoms with Crippen LogP contribution in [0, 0.1) is 6.92 Å². The molecule has 2 heterocycles. The molecule has 1 aromatic heterocycles. The van der Waals surface area contributed by atoms with E-state index in [1.807, 2.05) is 0 Å². The second kappa shape index (κ2) is 4.82. The first kappa shape index (κ1) is 13.2. The highest BCUT2D eigenvalue weighted by Gasteiger charge is 2.30. The lowest BCUT2D eigenvalue weighted by Crippen LogP contribution is -2.34.